The van der Waals surface area contributed by atoms with E-state index in [0.29, 0.717) is 10.0 Å². The fourth-order valence-electron chi connectivity index (χ4n) is 4.18. The van der Waals surface area contributed by atoms with Crippen molar-refractivity contribution >= 4 is 34.6 Å². The van der Waals surface area contributed by atoms with E-state index < -0.39 is 11.4 Å². The van der Waals surface area contributed by atoms with Crippen molar-refractivity contribution in [2.75, 3.05) is 21.2 Å². The summed E-state index contributed by atoms with van der Waals surface area (Å²) in [6.45, 7) is 5.26. The van der Waals surface area contributed by atoms with Crippen LogP contribution in [0.5, 0.6) is 0 Å². The minimum atomic E-state index is -0.705. The molecule has 0 aliphatic carbocycles. The number of hydrogen-bond donors (Lipinski definition) is 1. The highest BCUT2D eigenvalue weighted by Crippen LogP contribution is 2.37. The molecule has 0 spiro atoms. The normalized spacial score (nSPS) is 17.3. The highest BCUT2D eigenvalue weighted by Gasteiger charge is 2.41. The number of hydrazine groups is 1. The maximum absolute atomic E-state index is 6.75. The molecule has 176 valence electrons. The van der Waals surface area contributed by atoms with Crippen LogP contribution in [0.1, 0.15) is 45.1 Å². The minimum Gasteiger partial charge on any atom is -0.337 e. The first-order chi connectivity index (χ1) is 15.3. The van der Waals surface area contributed by atoms with Crippen LogP contribution in [0, 0.1) is 0 Å². The third-order valence-corrected chi connectivity index (χ3v) is 8.46. The topological polar surface area (TPSA) is 45.6 Å². The van der Waals surface area contributed by atoms with Crippen LogP contribution in [-0.4, -0.2) is 46.1 Å². The predicted molar refractivity (Wildman–Crippen MR) is 134 cm³/mol. The monoisotopic (exact) mass is 498 g/mol. The first-order valence-corrected chi connectivity index (χ1v) is 12.9. The zero-order chi connectivity index (χ0) is 23.3. The molecular weight excluding hydrogens is 465 g/mol. The summed E-state index contributed by atoms with van der Waals surface area (Å²) >= 11 is 12.8. The maximum atomic E-state index is 6.75. The number of hydrogen-bond acceptors (Lipinski definition) is 5. The minimum absolute atomic E-state index is 0.181. The molecule has 1 aliphatic heterocycles. The Kier molecular flexibility index (Phi) is 9.20. The Morgan fingerprint density at radius 3 is 2.44 bits per heavy atom. The molecule has 0 radical (unpaired) electrons. The van der Waals surface area contributed by atoms with E-state index in [2.05, 4.69) is 33.1 Å². The van der Waals surface area contributed by atoms with Crippen molar-refractivity contribution in [2.24, 2.45) is 0 Å². The number of halogens is 2. The average molecular weight is 500 g/mol. The van der Waals surface area contributed by atoms with Gasteiger partial charge < -0.3 is 9.58 Å². The summed E-state index contributed by atoms with van der Waals surface area (Å²) in [5.41, 5.74) is 6.91. The van der Waals surface area contributed by atoms with E-state index in [1.54, 1.807) is 7.11 Å². The van der Waals surface area contributed by atoms with Crippen LogP contribution in [0.15, 0.2) is 47.1 Å². The number of rotatable bonds is 11. The largest absolute Gasteiger partial charge is 0.337 e. The Hall–Kier alpha value is -1.38. The molecule has 0 saturated carbocycles. The molecule has 0 bridgehead atoms. The maximum Gasteiger partial charge on any atom is 0.311 e. The van der Waals surface area contributed by atoms with Gasteiger partial charge in [-0.05, 0) is 50.8 Å². The second-order valence-electron chi connectivity index (χ2n) is 8.15. The number of imidazole rings is 1. The van der Waals surface area contributed by atoms with Crippen LogP contribution >= 0.6 is 23.2 Å². The smallest absolute Gasteiger partial charge is 0.311 e. The summed E-state index contributed by atoms with van der Waals surface area (Å²) in [7, 11) is 5.76. The molecular formula is C23H34Cl2N5OS+. The SMILES string of the molecule is CO[S+](c1c(Cl)cc(CCCCCCn2ccnc2)cc1Cl)N(C)C1=C(C)N(C)NC1C. The van der Waals surface area contributed by atoms with Crippen molar-refractivity contribution in [3.63, 3.8) is 0 Å². The second kappa shape index (κ2) is 11.7. The lowest BCUT2D eigenvalue weighted by atomic mass is 10.1. The van der Waals surface area contributed by atoms with Crippen LogP contribution in [0.2, 0.25) is 10.0 Å². The summed E-state index contributed by atoms with van der Waals surface area (Å²) in [6, 6.07) is 4.27. The van der Waals surface area contributed by atoms with Crippen molar-refractivity contribution in [1.82, 2.24) is 24.3 Å². The van der Waals surface area contributed by atoms with Crippen LogP contribution in [0.3, 0.4) is 0 Å². The molecule has 0 saturated heterocycles. The van der Waals surface area contributed by atoms with Gasteiger partial charge in [-0.15, -0.1) is 4.18 Å². The molecule has 1 aromatic carbocycles. The van der Waals surface area contributed by atoms with Crippen molar-refractivity contribution < 1.29 is 4.18 Å². The van der Waals surface area contributed by atoms with E-state index in [4.69, 9.17) is 27.4 Å². The van der Waals surface area contributed by atoms with Crippen molar-refractivity contribution in [3.8, 4) is 0 Å². The molecule has 0 fully saturated rings. The third kappa shape index (κ3) is 5.94. The molecule has 1 aromatic heterocycles. The van der Waals surface area contributed by atoms with Gasteiger partial charge in [0.25, 0.3) is 4.90 Å². The molecule has 1 N–H and O–H groups in total. The number of aromatic nitrogens is 2. The van der Waals surface area contributed by atoms with Gasteiger partial charge in [0.2, 0.25) is 0 Å². The average Bonchev–Trinajstić information content (AvgIpc) is 3.34. The molecule has 3 rings (SSSR count). The Balaban J connectivity index is 1.61. The molecule has 6 nitrogen and oxygen atoms in total. The lowest BCUT2D eigenvalue weighted by molar-refractivity contribution is 0.313. The summed E-state index contributed by atoms with van der Waals surface area (Å²) in [6.07, 6.45) is 11.3. The van der Waals surface area contributed by atoms with Gasteiger partial charge in [0, 0.05) is 26.0 Å². The van der Waals surface area contributed by atoms with Crippen molar-refractivity contribution in [3.05, 3.63) is 57.9 Å². The molecule has 2 heterocycles. The number of aryl methyl sites for hydroxylation is 2. The Morgan fingerprint density at radius 1 is 1.19 bits per heavy atom. The lowest BCUT2D eigenvalue weighted by Gasteiger charge is -2.21. The number of likely N-dealkylation sites (N-methyl/N-ethyl adjacent to an activating group) is 1. The van der Waals surface area contributed by atoms with Crippen molar-refractivity contribution in [1.29, 1.82) is 0 Å². The van der Waals surface area contributed by atoms with Crippen LogP contribution in [0.25, 0.3) is 0 Å². The quantitative estimate of drug-likeness (QED) is 0.329. The third-order valence-electron chi connectivity index (χ3n) is 5.84. The van der Waals surface area contributed by atoms with E-state index in [1.165, 1.54) is 24.1 Å². The first kappa shape index (κ1) is 25.2. The number of unbranched alkanes of at least 4 members (excludes halogenated alkanes) is 3. The van der Waals surface area contributed by atoms with Gasteiger partial charge >= 0.3 is 11.4 Å². The van der Waals surface area contributed by atoms with Gasteiger partial charge in [0.15, 0.2) is 0 Å². The summed E-state index contributed by atoms with van der Waals surface area (Å²) in [4.78, 5) is 4.92. The van der Waals surface area contributed by atoms with Crippen LogP contribution in [0.4, 0.5) is 0 Å². The van der Waals surface area contributed by atoms with Gasteiger partial charge in [0.1, 0.15) is 15.7 Å². The predicted octanol–water partition coefficient (Wildman–Crippen LogP) is 5.45. The first-order valence-electron chi connectivity index (χ1n) is 11.0. The summed E-state index contributed by atoms with van der Waals surface area (Å²) in [5.74, 6) is 0. The highest BCUT2D eigenvalue weighted by molar-refractivity contribution is 7.90. The van der Waals surface area contributed by atoms with Gasteiger partial charge in [-0.25, -0.2) is 10.4 Å². The van der Waals surface area contributed by atoms with Gasteiger partial charge in [0.05, 0.1) is 32.2 Å². The van der Waals surface area contributed by atoms with E-state index in [-0.39, 0.29) is 6.04 Å². The van der Waals surface area contributed by atoms with Crippen LogP contribution < -0.4 is 5.43 Å². The number of nitrogens with zero attached hydrogens (tertiary/aromatic N) is 4. The Labute approximate surface area is 205 Å². The zero-order valence-corrected chi connectivity index (χ0v) is 21.9. The molecule has 2 unspecified atom stereocenters. The molecule has 32 heavy (non-hydrogen) atoms. The number of benzene rings is 1. The second-order valence-corrected chi connectivity index (χ2v) is 10.7. The highest BCUT2D eigenvalue weighted by atomic mass is 35.5. The Morgan fingerprint density at radius 2 is 1.88 bits per heavy atom. The van der Waals surface area contributed by atoms with E-state index >= 15 is 0 Å². The molecule has 0 amide bonds. The van der Waals surface area contributed by atoms with Gasteiger partial charge in [-0.1, -0.05) is 36.0 Å². The summed E-state index contributed by atoms with van der Waals surface area (Å²) in [5, 5.41) is 3.36. The molecule has 2 aromatic rings. The lowest BCUT2D eigenvalue weighted by Crippen LogP contribution is -2.36. The number of nitrogens with one attached hydrogen (secondary N) is 1. The Bertz CT molecular complexity index is 898. The number of allylic oxidation sites excluding steroid dienone is 1. The zero-order valence-electron chi connectivity index (χ0n) is 19.6. The van der Waals surface area contributed by atoms with Gasteiger partial charge in [-0.3, -0.25) is 0 Å². The fourth-order valence-corrected chi connectivity index (χ4v) is 6.69. The van der Waals surface area contributed by atoms with Crippen molar-refractivity contribution in [2.45, 2.75) is 63.4 Å². The van der Waals surface area contributed by atoms with Gasteiger partial charge in [-0.2, -0.15) is 4.31 Å². The molecule has 9 heteroatoms. The van der Waals surface area contributed by atoms with E-state index in [0.717, 1.165) is 36.4 Å². The van der Waals surface area contributed by atoms with E-state index in [9.17, 15) is 0 Å². The standard InChI is InChI=1S/C23H34Cl2N5OS/c1-17-22(18(2)28(3)27-17)29(4)32(31-5)23-20(24)14-19(15-21(23)25)10-8-6-7-9-12-30-13-11-26-16-30/h11,13-17,27H,6-10,12H2,1-5H3/q+1. The molecule has 1 aliphatic rings. The fraction of sp³-hybridized carbons (Fsp3) is 0.522. The summed E-state index contributed by atoms with van der Waals surface area (Å²) < 4.78 is 10.2. The van der Waals surface area contributed by atoms with Crippen LogP contribution in [-0.2, 0) is 28.5 Å². The molecule has 2 atom stereocenters. The van der Waals surface area contributed by atoms with E-state index in [1.807, 2.05) is 50.0 Å².